The normalized spacial score (nSPS) is 17.7. The average molecular weight is 391 g/mol. The highest BCUT2D eigenvalue weighted by atomic mass is 16.7. The summed E-state index contributed by atoms with van der Waals surface area (Å²) in [5, 5.41) is 4.04. The molecule has 0 radical (unpaired) electrons. The van der Waals surface area contributed by atoms with E-state index in [1.807, 2.05) is 48.2 Å². The summed E-state index contributed by atoms with van der Waals surface area (Å²) in [7, 11) is 0. The minimum atomic E-state index is 0.00762. The first-order valence-electron chi connectivity index (χ1n) is 9.73. The van der Waals surface area contributed by atoms with Gasteiger partial charge in [-0.25, -0.2) is 0 Å². The molecule has 2 aromatic carbocycles. The second-order valence-corrected chi connectivity index (χ2v) is 7.44. The summed E-state index contributed by atoms with van der Waals surface area (Å²) in [6.45, 7) is 3.66. The third-order valence-corrected chi connectivity index (χ3v) is 5.57. The van der Waals surface area contributed by atoms with Crippen molar-refractivity contribution >= 4 is 5.91 Å². The van der Waals surface area contributed by atoms with Gasteiger partial charge in [-0.3, -0.25) is 4.79 Å². The molecule has 3 aromatic rings. The van der Waals surface area contributed by atoms with Crippen LogP contribution in [0.15, 0.2) is 47.0 Å². The van der Waals surface area contributed by atoms with E-state index >= 15 is 0 Å². The number of likely N-dealkylation sites (tertiary alicyclic amines) is 1. The van der Waals surface area contributed by atoms with E-state index < -0.39 is 0 Å². The number of ether oxygens (including phenoxy) is 2. The molecule has 1 aromatic heterocycles. The Morgan fingerprint density at radius 3 is 2.93 bits per heavy atom. The fourth-order valence-electron chi connectivity index (χ4n) is 3.93. The van der Waals surface area contributed by atoms with Crippen LogP contribution >= 0.6 is 0 Å². The molecule has 148 valence electrons. The zero-order valence-corrected chi connectivity index (χ0v) is 16.1. The molecule has 1 fully saturated rings. The maximum atomic E-state index is 12.7. The zero-order chi connectivity index (χ0) is 19.8. The van der Waals surface area contributed by atoms with Crippen LogP contribution in [-0.2, 0) is 11.2 Å². The van der Waals surface area contributed by atoms with Crippen LogP contribution in [0, 0.1) is 6.92 Å². The zero-order valence-electron chi connectivity index (χ0n) is 16.1. The van der Waals surface area contributed by atoms with E-state index in [1.165, 1.54) is 5.56 Å². The van der Waals surface area contributed by atoms with Crippen molar-refractivity contribution in [2.75, 3.05) is 19.9 Å². The summed E-state index contributed by atoms with van der Waals surface area (Å²) < 4.78 is 16.2. The van der Waals surface area contributed by atoms with Gasteiger partial charge in [0.1, 0.15) is 6.42 Å². The van der Waals surface area contributed by atoms with Gasteiger partial charge in [0.15, 0.2) is 11.5 Å². The summed E-state index contributed by atoms with van der Waals surface area (Å²) in [6.07, 6.45) is 1.04. The van der Waals surface area contributed by atoms with Crippen molar-refractivity contribution in [3.8, 4) is 22.9 Å². The third-order valence-electron chi connectivity index (χ3n) is 5.57. The molecule has 0 aliphatic carbocycles. The average Bonchev–Trinajstić information content (AvgIpc) is 3.48. The number of aryl methyl sites for hydroxylation is 1. The lowest BCUT2D eigenvalue weighted by Gasteiger charge is -2.16. The molecular weight excluding hydrogens is 370 g/mol. The fourth-order valence-corrected chi connectivity index (χ4v) is 3.93. The second kappa shape index (κ2) is 7.24. The van der Waals surface area contributed by atoms with E-state index in [2.05, 4.69) is 16.2 Å². The minimum Gasteiger partial charge on any atom is -0.454 e. The summed E-state index contributed by atoms with van der Waals surface area (Å²) in [5.74, 6) is 2.72. The molecule has 1 atom stereocenters. The smallest absolute Gasteiger partial charge is 0.236 e. The summed E-state index contributed by atoms with van der Waals surface area (Å²) >= 11 is 0. The number of benzene rings is 2. The van der Waals surface area contributed by atoms with E-state index in [0.29, 0.717) is 24.2 Å². The van der Waals surface area contributed by atoms with Crippen molar-refractivity contribution in [1.29, 1.82) is 0 Å². The Morgan fingerprint density at radius 1 is 1.17 bits per heavy atom. The first-order chi connectivity index (χ1) is 14.2. The monoisotopic (exact) mass is 391 g/mol. The SMILES string of the molecule is Cc1ccccc1-c1noc(CC(=O)N2CCC(c3ccc4c(c3)OCO4)C2)n1. The van der Waals surface area contributed by atoms with Gasteiger partial charge in [0.05, 0.1) is 0 Å². The van der Waals surface area contributed by atoms with Crippen LogP contribution in [0.3, 0.4) is 0 Å². The Hall–Kier alpha value is -3.35. The Labute approximate surface area is 168 Å². The lowest BCUT2D eigenvalue weighted by molar-refractivity contribution is -0.129. The predicted octanol–water partition coefficient (Wildman–Crippen LogP) is 3.33. The van der Waals surface area contributed by atoms with Gasteiger partial charge in [0, 0.05) is 24.6 Å². The molecule has 0 spiro atoms. The van der Waals surface area contributed by atoms with Crippen LogP contribution in [0.4, 0.5) is 0 Å². The van der Waals surface area contributed by atoms with Crippen LogP contribution in [0.25, 0.3) is 11.4 Å². The van der Waals surface area contributed by atoms with E-state index in [4.69, 9.17) is 14.0 Å². The maximum absolute atomic E-state index is 12.7. The number of amides is 1. The molecule has 5 rings (SSSR count). The molecule has 1 saturated heterocycles. The van der Waals surface area contributed by atoms with E-state index in [1.54, 1.807) is 0 Å². The Kier molecular flexibility index (Phi) is 4.42. The number of carbonyl (C=O) groups excluding carboxylic acids is 1. The van der Waals surface area contributed by atoms with Gasteiger partial charge in [-0.05, 0) is 36.6 Å². The highest BCUT2D eigenvalue weighted by molar-refractivity contribution is 5.78. The van der Waals surface area contributed by atoms with Crippen molar-refractivity contribution in [2.45, 2.75) is 25.7 Å². The summed E-state index contributed by atoms with van der Waals surface area (Å²) in [4.78, 5) is 19.0. The van der Waals surface area contributed by atoms with Crippen molar-refractivity contribution in [2.24, 2.45) is 0 Å². The molecule has 7 heteroatoms. The van der Waals surface area contributed by atoms with Crippen molar-refractivity contribution in [3.63, 3.8) is 0 Å². The lowest BCUT2D eigenvalue weighted by Crippen LogP contribution is -2.30. The van der Waals surface area contributed by atoms with Gasteiger partial charge in [-0.1, -0.05) is 35.5 Å². The van der Waals surface area contributed by atoms with Gasteiger partial charge in [-0.2, -0.15) is 4.98 Å². The molecule has 7 nitrogen and oxygen atoms in total. The molecule has 0 bridgehead atoms. The van der Waals surface area contributed by atoms with Crippen molar-refractivity contribution in [3.05, 3.63) is 59.5 Å². The lowest BCUT2D eigenvalue weighted by atomic mass is 9.98. The first kappa shape index (κ1) is 17.7. The molecular formula is C22H21N3O4. The molecule has 3 heterocycles. The second-order valence-electron chi connectivity index (χ2n) is 7.44. The Balaban J connectivity index is 1.24. The van der Waals surface area contributed by atoms with Gasteiger partial charge >= 0.3 is 0 Å². The predicted molar refractivity (Wildman–Crippen MR) is 105 cm³/mol. The molecule has 29 heavy (non-hydrogen) atoms. The van der Waals surface area contributed by atoms with Crippen molar-refractivity contribution in [1.82, 2.24) is 15.0 Å². The minimum absolute atomic E-state index is 0.00762. The molecule has 1 amide bonds. The number of rotatable bonds is 4. The highest BCUT2D eigenvalue weighted by Gasteiger charge is 2.29. The molecule has 0 N–H and O–H groups in total. The van der Waals surface area contributed by atoms with Crippen LogP contribution < -0.4 is 9.47 Å². The van der Waals surface area contributed by atoms with E-state index in [-0.39, 0.29) is 19.1 Å². The summed E-state index contributed by atoms with van der Waals surface area (Å²) in [5.41, 5.74) is 3.15. The quantitative estimate of drug-likeness (QED) is 0.679. The Bertz CT molecular complexity index is 1060. The molecule has 0 saturated carbocycles. The van der Waals surface area contributed by atoms with Gasteiger partial charge in [-0.15, -0.1) is 0 Å². The van der Waals surface area contributed by atoms with Crippen LogP contribution in [0.5, 0.6) is 11.5 Å². The number of hydrogen-bond acceptors (Lipinski definition) is 6. The topological polar surface area (TPSA) is 77.7 Å². The number of aromatic nitrogens is 2. The fraction of sp³-hybridized carbons (Fsp3) is 0.318. The van der Waals surface area contributed by atoms with Crippen LogP contribution in [0.2, 0.25) is 0 Å². The van der Waals surface area contributed by atoms with Crippen LogP contribution in [0.1, 0.15) is 29.4 Å². The molecule has 2 aliphatic heterocycles. The van der Waals surface area contributed by atoms with E-state index in [0.717, 1.165) is 35.6 Å². The first-order valence-corrected chi connectivity index (χ1v) is 9.73. The number of hydrogen-bond donors (Lipinski definition) is 0. The number of nitrogens with zero attached hydrogens (tertiary/aromatic N) is 3. The standard InChI is InChI=1S/C22H21N3O4/c1-14-4-2-3-5-17(14)22-23-20(29-24-22)11-21(26)25-9-8-16(12-25)15-6-7-18-19(10-15)28-13-27-18/h2-7,10,16H,8-9,11-13H2,1H3. The van der Waals surface area contributed by atoms with E-state index in [9.17, 15) is 4.79 Å². The third kappa shape index (κ3) is 3.44. The molecule has 1 unspecified atom stereocenters. The Morgan fingerprint density at radius 2 is 2.03 bits per heavy atom. The molecule has 2 aliphatic rings. The van der Waals surface area contributed by atoms with Crippen molar-refractivity contribution < 1.29 is 18.8 Å². The van der Waals surface area contributed by atoms with Gasteiger partial charge < -0.3 is 18.9 Å². The summed E-state index contributed by atoms with van der Waals surface area (Å²) in [6, 6.07) is 13.9. The van der Waals surface area contributed by atoms with Gasteiger partial charge in [0.25, 0.3) is 0 Å². The highest BCUT2D eigenvalue weighted by Crippen LogP contribution is 2.37. The maximum Gasteiger partial charge on any atom is 0.236 e. The number of fused-ring (bicyclic) bond motifs is 1. The van der Waals surface area contributed by atoms with Gasteiger partial charge in [0.2, 0.25) is 24.4 Å². The number of carbonyl (C=O) groups is 1. The largest absolute Gasteiger partial charge is 0.454 e. The van der Waals surface area contributed by atoms with Crippen LogP contribution in [-0.4, -0.2) is 40.8 Å².